The molecule has 0 aliphatic heterocycles. The number of benzene rings is 1. The predicted molar refractivity (Wildman–Crippen MR) is 93.4 cm³/mol. The van der Waals surface area contributed by atoms with Crippen LogP contribution in [0, 0.1) is 12.3 Å². The molecule has 0 bridgehead atoms. The number of nitrogens with one attached hydrogen (secondary N) is 2. The zero-order valence-corrected chi connectivity index (χ0v) is 14.0. The monoisotopic (exact) mass is 391 g/mol. The van der Waals surface area contributed by atoms with Crippen LogP contribution in [0.15, 0.2) is 29.3 Å². The molecule has 0 aliphatic rings. The Labute approximate surface area is 137 Å². The van der Waals surface area contributed by atoms with Crippen molar-refractivity contribution in [1.82, 2.24) is 10.6 Å². The lowest BCUT2D eigenvalue weighted by molar-refractivity contribution is 0.855. The summed E-state index contributed by atoms with van der Waals surface area (Å²) in [6.07, 6.45) is 6.08. The lowest BCUT2D eigenvalue weighted by Crippen LogP contribution is -2.37. The molecule has 1 aromatic rings. The molecule has 3 nitrogen and oxygen atoms in total. The van der Waals surface area contributed by atoms with Crippen molar-refractivity contribution in [2.24, 2.45) is 4.99 Å². The standard InChI is InChI=1S/C14H18ClN3.HI/c1-3-10-17-14(16-4-2)18-11-9-12-5-7-13(15)8-6-12;/h1,5-8H,4,9-11H2,2H3,(H2,16,17,18);1H. The van der Waals surface area contributed by atoms with Crippen LogP contribution in [-0.2, 0) is 6.42 Å². The minimum atomic E-state index is 0. The maximum atomic E-state index is 5.83. The van der Waals surface area contributed by atoms with Crippen molar-refractivity contribution >= 4 is 41.5 Å². The molecule has 0 radical (unpaired) electrons. The molecule has 0 spiro atoms. The van der Waals surface area contributed by atoms with Crippen molar-refractivity contribution in [3.63, 3.8) is 0 Å². The molecule has 2 N–H and O–H groups in total. The fraction of sp³-hybridized carbons (Fsp3) is 0.357. The number of aliphatic imine (C=N–C) groups is 1. The van der Waals surface area contributed by atoms with Gasteiger partial charge in [-0.25, -0.2) is 0 Å². The van der Waals surface area contributed by atoms with Gasteiger partial charge in [0.2, 0.25) is 0 Å². The van der Waals surface area contributed by atoms with Crippen molar-refractivity contribution in [1.29, 1.82) is 0 Å². The van der Waals surface area contributed by atoms with Crippen LogP contribution >= 0.6 is 35.6 Å². The summed E-state index contributed by atoms with van der Waals surface area (Å²) in [5, 5.41) is 6.94. The quantitative estimate of drug-likeness (QED) is 0.350. The normalized spacial score (nSPS) is 10.3. The first-order valence-corrected chi connectivity index (χ1v) is 6.34. The third-order valence-corrected chi connectivity index (χ3v) is 2.54. The van der Waals surface area contributed by atoms with Crippen LogP contribution in [0.25, 0.3) is 0 Å². The van der Waals surface area contributed by atoms with Crippen LogP contribution < -0.4 is 10.6 Å². The van der Waals surface area contributed by atoms with Crippen LogP contribution in [0.3, 0.4) is 0 Å². The summed E-state index contributed by atoms with van der Waals surface area (Å²) >= 11 is 5.83. The smallest absolute Gasteiger partial charge is 0.192 e. The highest BCUT2D eigenvalue weighted by atomic mass is 127. The van der Waals surface area contributed by atoms with Gasteiger partial charge in [0.15, 0.2) is 5.96 Å². The Hall–Kier alpha value is -0.930. The molecule has 5 heteroatoms. The van der Waals surface area contributed by atoms with Gasteiger partial charge in [-0.1, -0.05) is 29.7 Å². The largest absolute Gasteiger partial charge is 0.357 e. The Balaban J connectivity index is 0.00000324. The van der Waals surface area contributed by atoms with E-state index in [-0.39, 0.29) is 24.0 Å². The molecule has 0 amide bonds. The maximum absolute atomic E-state index is 5.83. The fourth-order valence-corrected chi connectivity index (χ4v) is 1.55. The third-order valence-electron chi connectivity index (χ3n) is 2.29. The van der Waals surface area contributed by atoms with E-state index in [1.165, 1.54) is 5.56 Å². The average Bonchev–Trinajstić information content (AvgIpc) is 2.38. The predicted octanol–water partition coefficient (Wildman–Crippen LogP) is 2.69. The molecule has 0 atom stereocenters. The molecular formula is C14H19ClIN3. The van der Waals surface area contributed by atoms with E-state index in [0.29, 0.717) is 13.1 Å². The van der Waals surface area contributed by atoms with Gasteiger partial charge in [0, 0.05) is 18.1 Å². The SMILES string of the molecule is C#CCNC(=NCCc1ccc(Cl)cc1)NCC.I. The summed E-state index contributed by atoms with van der Waals surface area (Å²) < 4.78 is 0. The second kappa shape index (κ2) is 10.9. The Morgan fingerprint density at radius 2 is 2.00 bits per heavy atom. The number of hydrogen-bond acceptors (Lipinski definition) is 1. The summed E-state index contributed by atoms with van der Waals surface area (Å²) in [7, 11) is 0. The highest BCUT2D eigenvalue weighted by Crippen LogP contribution is 2.09. The van der Waals surface area contributed by atoms with E-state index in [4.69, 9.17) is 18.0 Å². The van der Waals surface area contributed by atoms with Gasteiger partial charge in [0.25, 0.3) is 0 Å². The van der Waals surface area contributed by atoms with Crippen LogP contribution in [0.5, 0.6) is 0 Å². The van der Waals surface area contributed by atoms with Crippen molar-refractivity contribution in [3.8, 4) is 12.3 Å². The molecule has 1 rings (SSSR count). The maximum Gasteiger partial charge on any atom is 0.192 e. The van der Waals surface area contributed by atoms with E-state index in [0.717, 1.165) is 23.9 Å². The van der Waals surface area contributed by atoms with E-state index in [9.17, 15) is 0 Å². The highest BCUT2D eigenvalue weighted by Gasteiger charge is 1.96. The Kier molecular flexibility index (Phi) is 10.4. The van der Waals surface area contributed by atoms with E-state index >= 15 is 0 Å². The molecule has 0 saturated heterocycles. The Bertz CT molecular complexity index is 423. The topological polar surface area (TPSA) is 36.4 Å². The Morgan fingerprint density at radius 3 is 2.58 bits per heavy atom. The summed E-state index contributed by atoms with van der Waals surface area (Å²) in [6, 6.07) is 7.81. The van der Waals surface area contributed by atoms with Gasteiger partial charge in [-0.05, 0) is 31.0 Å². The first kappa shape index (κ1) is 18.1. The summed E-state index contributed by atoms with van der Waals surface area (Å²) in [5.41, 5.74) is 1.22. The molecule has 0 unspecified atom stereocenters. The van der Waals surface area contributed by atoms with Crippen LogP contribution in [0.4, 0.5) is 0 Å². The molecule has 19 heavy (non-hydrogen) atoms. The Morgan fingerprint density at radius 1 is 1.32 bits per heavy atom. The van der Waals surface area contributed by atoms with Crippen LogP contribution in [-0.4, -0.2) is 25.6 Å². The second-order valence-corrected chi connectivity index (χ2v) is 4.13. The van der Waals surface area contributed by atoms with Crippen molar-refractivity contribution in [2.75, 3.05) is 19.6 Å². The van der Waals surface area contributed by atoms with Gasteiger partial charge in [0.1, 0.15) is 0 Å². The number of rotatable bonds is 5. The zero-order chi connectivity index (χ0) is 13.2. The summed E-state index contributed by atoms with van der Waals surface area (Å²) in [6.45, 7) is 4.03. The molecule has 1 aromatic carbocycles. The van der Waals surface area contributed by atoms with Gasteiger partial charge < -0.3 is 10.6 Å². The number of hydrogen-bond donors (Lipinski definition) is 2. The minimum Gasteiger partial charge on any atom is -0.357 e. The average molecular weight is 392 g/mol. The van der Waals surface area contributed by atoms with Crippen molar-refractivity contribution < 1.29 is 0 Å². The van der Waals surface area contributed by atoms with Crippen LogP contribution in [0.1, 0.15) is 12.5 Å². The van der Waals surface area contributed by atoms with Gasteiger partial charge >= 0.3 is 0 Å². The third kappa shape index (κ3) is 7.96. The number of guanidine groups is 1. The minimum absolute atomic E-state index is 0. The zero-order valence-electron chi connectivity index (χ0n) is 10.9. The van der Waals surface area contributed by atoms with E-state index in [1.807, 2.05) is 31.2 Å². The number of terminal acetylenes is 1. The van der Waals surface area contributed by atoms with E-state index in [2.05, 4.69) is 21.5 Å². The van der Waals surface area contributed by atoms with Crippen molar-refractivity contribution in [3.05, 3.63) is 34.9 Å². The molecular weight excluding hydrogens is 373 g/mol. The first-order chi connectivity index (χ1) is 8.76. The van der Waals surface area contributed by atoms with Gasteiger partial charge in [-0.2, -0.15) is 0 Å². The molecule has 0 saturated carbocycles. The van der Waals surface area contributed by atoms with E-state index in [1.54, 1.807) is 0 Å². The molecule has 0 aliphatic carbocycles. The lowest BCUT2D eigenvalue weighted by Gasteiger charge is -2.08. The molecule has 0 aromatic heterocycles. The number of nitrogens with zero attached hydrogens (tertiary/aromatic N) is 1. The second-order valence-electron chi connectivity index (χ2n) is 3.69. The highest BCUT2D eigenvalue weighted by molar-refractivity contribution is 14.0. The summed E-state index contributed by atoms with van der Waals surface area (Å²) in [5.74, 6) is 3.28. The van der Waals surface area contributed by atoms with Gasteiger partial charge in [-0.3, -0.25) is 4.99 Å². The molecule has 104 valence electrons. The molecule has 0 heterocycles. The van der Waals surface area contributed by atoms with E-state index < -0.39 is 0 Å². The van der Waals surface area contributed by atoms with Gasteiger partial charge in [0.05, 0.1) is 6.54 Å². The van der Waals surface area contributed by atoms with Gasteiger partial charge in [-0.15, -0.1) is 30.4 Å². The molecule has 0 fully saturated rings. The number of halogens is 2. The van der Waals surface area contributed by atoms with Crippen molar-refractivity contribution in [2.45, 2.75) is 13.3 Å². The fourth-order valence-electron chi connectivity index (χ4n) is 1.42. The summed E-state index contributed by atoms with van der Waals surface area (Å²) in [4.78, 5) is 4.43. The lowest BCUT2D eigenvalue weighted by atomic mass is 10.1. The first-order valence-electron chi connectivity index (χ1n) is 5.96. The van der Waals surface area contributed by atoms with Crippen LogP contribution in [0.2, 0.25) is 5.02 Å².